The number of fused-ring (bicyclic) bond motifs is 1. The van der Waals surface area contributed by atoms with E-state index >= 15 is 0 Å². The molecule has 0 unspecified atom stereocenters. The van der Waals surface area contributed by atoms with Crippen molar-refractivity contribution in [1.82, 2.24) is 4.90 Å². The third kappa shape index (κ3) is 5.75. The number of ether oxygens (including phenoxy) is 1. The second-order valence-electron chi connectivity index (χ2n) is 7.47. The van der Waals surface area contributed by atoms with E-state index in [0.717, 1.165) is 18.6 Å². The summed E-state index contributed by atoms with van der Waals surface area (Å²) >= 11 is 1.47. The maximum atomic E-state index is 11.9. The number of unbranched alkanes of at least 4 members (excludes halogenated alkanes) is 9. The maximum absolute atomic E-state index is 11.9. The van der Waals surface area contributed by atoms with Crippen LogP contribution in [0.4, 0.5) is 4.79 Å². The summed E-state index contributed by atoms with van der Waals surface area (Å²) in [4.78, 5) is 13.3. The molecule has 2 aliphatic heterocycles. The number of carbonyl (C=O) groups excluding carboxylic acids is 1. The predicted molar refractivity (Wildman–Crippen MR) is 103 cm³/mol. The Morgan fingerprint density at radius 2 is 1.50 bits per heavy atom. The second kappa shape index (κ2) is 11.4. The van der Waals surface area contributed by atoms with E-state index in [0.29, 0.717) is 0 Å². The number of nitrogens with zero attached hydrogens (tertiary/aromatic N) is 1. The fourth-order valence-electron chi connectivity index (χ4n) is 3.74. The molecule has 0 bridgehead atoms. The van der Waals surface area contributed by atoms with Crippen molar-refractivity contribution in [3.63, 3.8) is 0 Å². The molecule has 1 amide bonds. The topological polar surface area (TPSA) is 90.2 Å². The standard InChI is InChI=1S/C19H35NO5S/c1-2-3-4-5-6-7-8-9-10-11-12-26-18-17(23)16(22)15(21)14-13-25-19(24)20(14)18/h14-18,21-23H,2-13H2,1H3/t14-,15-,16+,17-,18-/m1/s1. The Bertz CT molecular complexity index is 425. The number of rotatable bonds is 12. The molecule has 3 N–H and O–H groups in total. The highest BCUT2D eigenvalue weighted by atomic mass is 32.2. The van der Waals surface area contributed by atoms with Gasteiger partial charge in [0.1, 0.15) is 30.3 Å². The molecule has 0 saturated carbocycles. The average Bonchev–Trinajstić information content (AvgIpc) is 3.02. The van der Waals surface area contributed by atoms with Crippen LogP contribution in [0.2, 0.25) is 0 Å². The Morgan fingerprint density at radius 3 is 2.12 bits per heavy atom. The van der Waals surface area contributed by atoms with Gasteiger partial charge in [0.2, 0.25) is 0 Å². The van der Waals surface area contributed by atoms with Gasteiger partial charge in [0, 0.05) is 0 Å². The summed E-state index contributed by atoms with van der Waals surface area (Å²) in [5, 5.41) is 29.7. The lowest BCUT2D eigenvalue weighted by Crippen LogP contribution is -2.64. The van der Waals surface area contributed by atoms with Gasteiger partial charge < -0.3 is 20.1 Å². The summed E-state index contributed by atoms with van der Waals surface area (Å²) < 4.78 is 5.00. The van der Waals surface area contributed by atoms with Crippen LogP contribution in [0.15, 0.2) is 0 Å². The van der Waals surface area contributed by atoms with Gasteiger partial charge in [-0.05, 0) is 12.2 Å². The molecule has 0 aromatic carbocycles. The summed E-state index contributed by atoms with van der Waals surface area (Å²) in [5.41, 5.74) is 0. The van der Waals surface area contributed by atoms with Crippen LogP contribution in [0.5, 0.6) is 0 Å². The number of amides is 1. The molecule has 2 saturated heterocycles. The minimum Gasteiger partial charge on any atom is -0.447 e. The fraction of sp³-hybridized carbons (Fsp3) is 0.947. The second-order valence-corrected chi connectivity index (χ2v) is 8.69. The molecule has 7 heteroatoms. The summed E-state index contributed by atoms with van der Waals surface area (Å²) in [7, 11) is 0. The normalized spacial score (nSPS) is 31.2. The first kappa shape index (κ1) is 21.8. The molecule has 0 radical (unpaired) electrons. The smallest absolute Gasteiger partial charge is 0.411 e. The Morgan fingerprint density at radius 1 is 0.923 bits per heavy atom. The lowest BCUT2D eigenvalue weighted by Gasteiger charge is -2.43. The van der Waals surface area contributed by atoms with Gasteiger partial charge in [-0.1, -0.05) is 64.7 Å². The summed E-state index contributed by atoms with van der Waals surface area (Å²) in [6.07, 6.45) is 8.58. The van der Waals surface area contributed by atoms with Gasteiger partial charge in [0.15, 0.2) is 0 Å². The molecule has 152 valence electrons. The van der Waals surface area contributed by atoms with Crippen molar-refractivity contribution in [2.75, 3.05) is 12.4 Å². The number of carbonyl (C=O) groups is 1. The number of aliphatic hydroxyl groups excluding tert-OH is 3. The van der Waals surface area contributed by atoms with Crippen molar-refractivity contribution in [3.05, 3.63) is 0 Å². The van der Waals surface area contributed by atoms with Crippen LogP contribution in [0.1, 0.15) is 71.1 Å². The highest BCUT2D eigenvalue weighted by molar-refractivity contribution is 7.99. The number of piperidine rings is 1. The molecule has 2 aliphatic rings. The van der Waals surface area contributed by atoms with Crippen LogP contribution in [0.3, 0.4) is 0 Å². The monoisotopic (exact) mass is 389 g/mol. The average molecular weight is 390 g/mol. The van der Waals surface area contributed by atoms with Crippen molar-refractivity contribution < 1.29 is 24.9 Å². The third-order valence-electron chi connectivity index (χ3n) is 5.39. The Labute approximate surface area is 161 Å². The first-order valence-electron chi connectivity index (χ1n) is 10.2. The van der Waals surface area contributed by atoms with Gasteiger partial charge >= 0.3 is 6.09 Å². The number of hydrogen-bond acceptors (Lipinski definition) is 6. The van der Waals surface area contributed by atoms with Gasteiger partial charge in [-0.15, -0.1) is 11.8 Å². The molecule has 0 aromatic heterocycles. The quantitative estimate of drug-likeness (QED) is 0.445. The van der Waals surface area contributed by atoms with Crippen LogP contribution in [-0.4, -0.2) is 68.4 Å². The van der Waals surface area contributed by atoms with Crippen LogP contribution in [0.25, 0.3) is 0 Å². The highest BCUT2D eigenvalue weighted by Gasteiger charge is 2.53. The zero-order chi connectivity index (χ0) is 18.9. The van der Waals surface area contributed by atoms with E-state index in [9.17, 15) is 20.1 Å². The van der Waals surface area contributed by atoms with Crippen molar-refractivity contribution in [1.29, 1.82) is 0 Å². The molecule has 26 heavy (non-hydrogen) atoms. The lowest BCUT2D eigenvalue weighted by atomic mass is 9.95. The van der Waals surface area contributed by atoms with Gasteiger partial charge in [-0.3, -0.25) is 4.90 Å². The van der Waals surface area contributed by atoms with Crippen LogP contribution >= 0.6 is 11.8 Å². The van der Waals surface area contributed by atoms with Crippen LogP contribution < -0.4 is 0 Å². The van der Waals surface area contributed by atoms with E-state index in [1.165, 1.54) is 68.0 Å². The lowest BCUT2D eigenvalue weighted by molar-refractivity contribution is -0.124. The van der Waals surface area contributed by atoms with E-state index < -0.39 is 35.8 Å². The summed E-state index contributed by atoms with van der Waals surface area (Å²) in [6, 6.07) is -0.564. The zero-order valence-electron chi connectivity index (χ0n) is 15.9. The minimum atomic E-state index is -1.24. The molecule has 2 heterocycles. The van der Waals surface area contributed by atoms with Gasteiger partial charge in [-0.25, -0.2) is 4.79 Å². The van der Waals surface area contributed by atoms with Crippen molar-refractivity contribution >= 4 is 17.9 Å². The van der Waals surface area contributed by atoms with E-state index in [4.69, 9.17) is 4.74 Å². The molecular formula is C19H35NO5S. The largest absolute Gasteiger partial charge is 0.447 e. The first-order chi connectivity index (χ1) is 12.6. The summed E-state index contributed by atoms with van der Waals surface area (Å²) in [5.74, 6) is 0.817. The molecule has 2 rings (SSSR count). The van der Waals surface area contributed by atoms with Crippen molar-refractivity contribution in [2.45, 2.75) is 101 Å². The number of aliphatic hydroxyl groups is 3. The minimum absolute atomic E-state index is 0.0685. The van der Waals surface area contributed by atoms with Gasteiger partial charge in [0.05, 0.1) is 6.04 Å². The van der Waals surface area contributed by atoms with Crippen LogP contribution in [-0.2, 0) is 4.74 Å². The highest BCUT2D eigenvalue weighted by Crippen LogP contribution is 2.35. The van der Waals surface area contributed by atoms with Gasteiger partial charge in [-0.2, -0.15) is 0 Å². The molecule has 0 aliphatic carbocycles. The number of hydrogen-bond donors (Lipinski definition) is 3. The Kier molecular flexibility index (Phi) is 9.53. The molecular weight excluding hydrogens is 354 g/mol. The Hall–Kier alpha value is -0.500. The van der Waals surface area contributed by atoms with E-state index in [1.54, 1.807) is 0 Å². The van der Waals surface area contributed by atoms with E-state index in [-0.39, 0.29) is 6.61 Å². The maximum Gasteiger partial charge on any atom is 0.411 e. The third-order valence-corrected chi connectivity index (χ3v) is 6.76. The van der Waals surface area contributed by atoms with Gasteiger partial charge in [0.25, 0.3) is 0 Å². The molecule has 2 fully saturated rings. The van der Waals surface area contributed by atoms with Crippen LogP contribution in [0, 0.1) is 0 Å². The fourth-order valence-corrected chi connectivity index (χ4v) is 5.11. The molecule has 6 nitrogen and oxygen atoms in total. The molecule has 0 spiro atoms. The molecule has 0 aromatic rings. The molecule has 5 atom stereocenters. The van der Waals surface area contributed by atoms with Crippen molar-refractivity contribution in [3.8, 4) is 0 Å². The SMILES string of the molecule is CCCCCCCCCCCCS[C@@H]1[C@H](O)[C@@H](O)[C@H](O)[C@H]2COC(=O)N21. The van der Waals surface area contributed by atoms with E-state index in [1.807, 2.05) is 0 Å². The summed E-state index contributed by atoms with van der Waals surface area (Å²) in [6.45, 7) is 2.30. The first-order valence-corrected chi connectivity index (χ1v) is 11.2. The Balaban J connectivity index is 1.60. The van der Waals surface area contributed by atoms with E-state index in [2.05, 4.69) is 6.92 Å². The van der Waals surface area contributed by atoms with Crippen molar-refractivity contribution in [2.24, 2.45) is 0 Å². The predicted octanol–water partition coefficient (Wildman–Crippen LogP) is 2.88. The number of thioether (sulfide) groups is 1. The zero-order valence-corrected chi connectivity index (χ0v) is 16.7. The number of cyclic esters (lactones) is 1.